The molecule has 1 heterocycles. The first-order valence-electron chi connectivity index (χ1n) is 8.17. The molecule has 0 unspecified atom stereocenters. The van der Waals surface area contributed by atoms with Crippen molar-refractivity contribution in [2.75, 3.05) is 13.1 Å². The number of nitrogens with zero attached hydrogens (tertiary/aromatic N) is 1. The van der Waals surface area contributed by atoms with Crippen LogP contribution >= 0.6 is 0 Å². The van der Waals surface area contributed by atoms with Crippen LogP contribution in [0.15, 0.2) is 24.3 Å². The zero-order valence-corrected chi connectivity index (χ0v) is 14.1. The van der Waals surface area contributed by atoms with Gasteiger partial charge < -0.3 is 9.64 Å². The van der Waals surface area contributed by atoms with Crippen LogP contribution in [0, 0.1) is 0 Å². The molecule has 2 fully saturated rings. The minimum atomic E-state index is -4.18. The summed E-state index contributed by atoms with van der Waals surface area (Å²) in [7, 11) is 0. The van der Waals surface area contributed by atoms with Gasteiger partial charge in [0.2, 0.25) is 0 Å². The van der Waals surface area contributed by atoms with Crippen molar-refractivity contribution in [1.82, 2.24) is 4.90 Å². The van der Waals surface area contributed by atoms with E-state index in [1.54, 1.807) is 29.2 Å². The zero-order valence-electron chi connectivity index (χ0n) is 14.1. The lowest BCUT2D eigenvalue weighted by Crippen LogP contribution is -2.50. The Labute approximate surface area is 139 Å². The second-order valence-electron chi connectivity index (χ2n) is 7.78. The van der Waals surface area contributed by atoms with Gasteiger partial charge in [0.25, 0.3) is 0 Å². The lowest BCUT2D eigenvalue weighted by Gasteiger charge is -2.40. The Morgan fingerprint density at radius 2 is 1.67 bits per heavy atom. The molecule has 2 aliphatic rings. The Hall–Kier alpha value is -1.72. The van der Waals surface area contributed by atoms with Crippen molar-refractivity contribution in [2.45, 2.75) is 56.7 Å². The van der Waals surface area contributed by atoms with E-state index in [1.807, 2.05) is 20.8 Å². The Morgan fingerprint density at radius 3 is 2.08 bits per heavy atom. The van der Waals surface area contributed by atoms with E-state index in [9.17, 15) is 18.0 Å². The summed E-state index contributed by atoms with van der Waals surface area (Å²) in [4.78, 5) is 13.5. The largest absolute Gasteiger partial charge is 0.444 e. The SMILES string of the molecule is CC(C)(C)OC(=O)N1CC(c2ccc(C3(C(F)(F)F)CC3)cc2)C1. The third-order valence-electron chi connectivity index (χ3n) is 4.76. The van der Waals surface area contributed by atoms with Gasteiger partial charge in [0.15, 0.2) is 0 Å². The van der Waals surface area contributed by atoms with Gasteiger partial charge in [-0.2, -0.15) is 13.2 Å². The molecule has 6 heteroatoms. The molecule has 1 aromatic carbocycles. The monoisotopic (exact) mass is 341 g/mol. The van der Waals surface area contributed by atoms with E-state index in [-0.39, 0.29) is 24.9 Å². The summed E-state index contributed by atoms with van der Waals surface area (Å²) < 4.78 is 44.7. The van der Waals surface area contributed by atoms with Crippen molar-refractivity contribution < 1.29 is 22.7 Å². The van der Waals surface area contributed by atoms with Crippen molar-refractivity contribution >= 4 is 6.09 Å². The van der Waals surface area contributed by atoms with E-state index in [4.69, 9.17) is 4.74 Å². The van der Waals surface area contributed by atoms with Gasteiger partial charge in [-0.3, -0.25) is 0 Å². The van der Waals surface area contributed by atoms with Gasteiger partial charge in [0.05, 0.1) is 5.41 Å². The summed E-state index contributed by atoms with van der Waals surface area (Å²) >= 11 is 0. The first-order chi connectivity index (χ1) is 11.0. The van der Waals surface area contributed by atoms with Crippen molar-refractivity contribution in [3.63, 3.8) is 0 Å². The van der Waals surface area contributed by atoms with E-state index < -0.39 is 17.2 Å². The van der Waals surface area contributed by atoms with Crippen molar-refractivity contribution in [3.8, 4) is 0 Å². The molecule has 24 heavy (non-hydrogen) atoms. The molecule has 0 N–H and O–H groups in total. The summed E-state index contributed by atoms with van der Waals surface area (Å²) in [6, 6.07) is 6.70. The highest BCUT2D eigenvalue weighted by Crippen LogP contribution is 2.58. The van der Waals surface area contributed by atoms with Crippen LogP contribution in [0.4, 0.5) is 18.0 Å². The maximum Gasteiger partial charge on any atom is 0.410 e. The predicted octanol–water partition coefficient (Wildman–Crippen LogP) is 4.61. The average Bonchev–Trinajstić information content (AvgIpc) is 3.16. The average molecular weight is 341 g/mol. The molecule has 0 radical (unpaired) electrons. The molecule has 0 atom stereocenters. The molecule has 1 saturated heterocycles. The highest BCUT2D eigenvalue weighted by atomic mass is 19.4. The predicted molar refractivity (Wildman–Crippen MR) is 84.0 cm³/mol. The molecule has 1 aliphatic heterocycles. The van der Waals surface area contributed by atoms with Crippen LogP contribution in [0.25, 0.3) is 0 Å². The molecule has 0 aromatic heterocycles. The number of hydrogen-bond acceptors (Lipinski definition) is 2. The molecule has 3 nitrogen and oxygen atoms in total. The van der Waals surface area contributed by atoms with Gasteiger partial charge in [0, 0.05) is 19.0 Å². The van der Waals surface area contributed by atoms with Crippen LogP contribution in [0.3, 0.4) is 0 Å². The number of carbonyl (C=O) groups is 1. The summed E-state index contributed by atoms with van der Waals surface area (Å²) in [6.45, 7) is 6.52. The van der Waals surface area contributed by atoms with Crippen molar-refractivity contribution in [2.24, 2.45) is 0 Å². The highest BCUT2D eigenvalue weighted by molar-refractivity contribution is 5.69. The summed E-state index contributed by atoms with van der Waals surface area (Å²) in [5, 5.41) is 0. The molecule has 0 bridgehead atoms. The zero-order chi connectivity index (χ0) is 17.8. The number of alkyl halides is 3. The molecule has 1 saturated carbocycles. The van der Waals surface area contributed by atoms with Crippen molar-refractivity contribution in [1.29, 1.82) is 0 Å². The van der Waals surface area contributed by atoms with Crippen LogP contribution in [0.2, 0.25) is 0 Å². The first-order valence-corrected chi connectivity index (χ1v) is 8.17. The molecular formula is C18H22F3NO2. The molecular weight excluding hydrogens is 319 g/mol. The molecule has 1 aromatic rings. The van der Waals surface area contributed by atoms with E-state index in [1.165, 1.54) is 0 Å². The molecule has 132 valence electrons. The second-order valence-corrected chi connectivity index (χ2v) is 7.78. The minimum absolute atomic E-state index is 0.160. The third kappa shape index (κ3) is 3.10. The number of carbonyl (C=O) groups excluding carboxylic acids is 1. The number of hydrogen-bond donors (Lipinski definition) is 0. The fourth-order valence-corrected chi connectivity index (χ4v) is 3.10. The fourth-order valence-electron chi connectivity index (χ4n) is 3.10. The van der Waals surface area contributed by atoms with E-state index in [0.29, 0.717) is 18.7 Å². The van der Waals surface area contributed by atoms with Gasteiger partial charge >= 0.3 is 12.3 Å². The van der Waals surface area contributed by atoms with Gasteiger partial charge in [-0.1, -0.05) is 24.3 Å². The van der Waals surface area contributed by atoms with E-state index >= 15 is 0 Å². The maximum absolute atomic E-state index is 13.1. The Balaban J connectivity index is 1.60. The Morgan fingerprint density at radius 1 is 1.12 bits per heavy atom. The number of amides is 1. The lowest BCUT2D eigenvalue weighted by atomic mass is 9.88. The maximum atomic E-state index is 13.1. The number of rotatable bonds is 2. The number of likely N-dealkylation sites (tertiary alicyclic amines) is 1. The topological polar surface area (TPSA) is 29.5 Å². The summed E-state index contributed by atoms with van der Waals surface area (Å²) in [5.41, 5.74) is -0.841. The lowest BCUT2D eigenvalue weighted by molar-refractivity contribution is -0.160. The molecule has 0 spiro atoms. The minimum Gasteiger partial charge on any atom is -0.444 e. The van der Waals surface area contributed by atoms with E-state index in [0.717, 1.165) is 5.56 Å². The van der Waals surface area contributed by atoms with Crippen LogP contribution in [-0.4, -0.2) is 35.9 Å². The van der Waals surface area contributed by atoms with Crippen LogP contribution in [-0.2, 0) is 10.2 Å². The number of benzene rings is 1. The molecule has 1 amide bonds. The molecule has 3 rings (SSSR count). The van der Waals surface area contributed by atoms with E-state index in [2.05, 4.69) is 0 Å². The van der Waals surface area contributed by atoms with Gasteiger partial charge in [-0.25, -0.2) is 4.79 Å². The summed E-state index contributed by atoms with van der Waals surface area (Å²) in [6.07, 6.45) is -4.18. The highest BCUT2D eigenvalue weighted by Gasteiger charge is 2.64. The number of halogens is 3. The second kappa shape index (κ2) is 5.39. The van der Waals surface area contributed by atoms with Crippen LogP contribution in [0.1, 0.15) is 50.7 Å². The van der Waals surface area contributed by atoms with Gasteiger partial charge in [-0.15, -0.1) is 0 Å². The fraction of sp³-hybridized carbons (Fsp3) is 0.611. The smallest absolute Gasteiger partial charge is 0.410 e. The summed E-state index contributed by atoms with van der Waals surface area (Å²) in [5.74, 6) is 0.160. The van der Waals surface area contributed by atoms with Crippen molar-refractivity contribution in [3.05, 3.63) is 35.4 Å². The Bertz CT molecular complexity index is 621. The normalized spacial score (nSPS) is 20.5. The standard InChI is InChI=1S/C18H22F3NO2/c1-16(2,3)24-15(23)22-10-13(11-22)12-4-6-14(7-5-12)17(8-9-17)18(19,20)21/h4-7,13H,8-11H2,1-3H3. The van der Waals surface area contributed by atoms with Gasteiger partial charge in [-0.05, 0) is 44.7 Å². The third-order valence-corrected chi connectivity index (χ3v) is 4.76. The van der Waals surface area contributed by atoms with Crippen LogP contribution in [0.5, 0.6) is 0 Å². The molecule has 1 aliphatic carbocycles. The first kappa shape index (κ1) is 17.1. The number of ether oxygens (including phenoxy) is 1. The Kier molecular flexibility index (Phi) is 3.85. The van der Waals surface area contributed by atoms with Crippen LogP contribution < -0.4 is 0 Å². The quantitative estimate of drug-likeness (QED) is 0.786. The van der Waals surface area contributed by atoms with Gasteiger partial charge in [0.1, 0.15) is 5.60 Å².